The normalized spacial score (nSPS) is 23.3. The van der Waals surface area contributed by atoms with Crippen molar-refractivity contribution in [2.24, 2.45) is 0 Å². The molecule has 2 atom stereocenters. The molecule has 4 nitrogen and oxygen atoms in total. The second-order valence-corrected chi connectivity index (χ2v) is 5.64. The minimum atomic E-state index is -0.787. The third-order valence-corrected chi connectivity index (χ3v) is 3.90. The van der Waals surface area contributed by atoms with Crippen molar-refractivity contribution in [2.45, 2.75) is 31.4 Å². The van der Waals surface area contributed by atoms with E-state index in [1.807, 2.05) is 38.1 Å². The average Bonchev–Trinajstić information content (AvgIpc) is 2.78. The average molecular weight is 267 g/mol. The second-order valence-electron chi connectivity index (χ2n) is 4.51. The third kappa shape index (κ3) is 3.17. The number of hydrogen-bond donors (Lipinski definition) is 2. The number of thioether (sulfide) groups is 1. The molecule has 0 bridgehead atoms. The number of ether oxygens (including phenoxy) is 1. The molecule has 0 radical (unpaired) electrons. The van der Waals surface area contributed by atoms with E-state index in [2.05, 4.69) is 5.32 Å². The molecule has 5 heteroatoms. The SMILES string of the molecule is CC(C)Oc1ccc(C2NC(C(=O)O)CS2)cc1. The summed E-state index contributed by atoms with van der Waals surface area (Å²) in [6, 6.07) is 7.35. The van der Waals surface area contributed by atoms with E-state index >= 15 is 0 Å². The molecule has 98 valence electrons. The van der Waals surface area contributed by atoms with Crippen LogP contribution in [-0.4, -0.2) is 29.0 Å². The van der Waals surface area contributed by atoms with E-state index in [1.54, 1.807) is 11.8 Å². The Labute approximate surface area is 111 Å². The van der Waals surface area contributed by atoms with E-state index in [9.17, 15) is 4.79 Å². The zero-order valence-corrected chi connectivity index (χ0v) is 11.2. The summed E-state index contributed by atoms with van der Waals surface area (Å²) in [4.78, 5) is 10.9. The zero-order valence-electron chi connectivity index (χ0n) is 10.4. The molecule has 0 amide bonds. The van der Waals surface area contributed by atoms with Crippen molar-refractivity contribution in [2.75, 3.05) is 5.75 Å². The summed E-state index contributed by atoms with van der Waals surface area (Å²) in [6.45, 7) is 3.97. The Morgan fingerprint density at radius 3 is 2.61 bits per heavy atom. The minimum absolute atomic E-state index is 0.0548. The third-order valence-electron chi connectivity index (χ3n) is 2.63. The predicted molar refractivity (Wildman–Crippen MR) is 72.0 cm³/mol. The van der Waals surface area contributed by atoms with Crippen molar-refractivity contribution in [1.29, 1.82) is 0 Å². The van der Waals surface area contributed by atoms with Gasteiger partial charge in [0.25, 0.3) is 0 Å². The van der Waals surface area contributed by atoms with Gasteiger partial charge < -0.3 is 9.84 Å². The Hall–Kier alpha value is -1.20. The van der Waals surface area contributed by atoms with Gasteiger partial charge >= 0.3 is 5.97 Å². The topological polar surface area (TPSA) is 58.6 Å². The van der Waals surface area contributed by atoms with Gasteiger partial charge in [0.1, 0.15) is 11.8 Å². The van der Waals surface area contributed by atoms with Gasteiger partial charge in [0.2, 0.25) is 0 Å². The summed E-state index contributed by atoms with van der Waals surface area (Å²) in [5.74, 6) is 0.654. The molecule has 1 aliphatic rings. The molecular formula is C13H17NO3S. The first-order chi connectivity index (χ1) is 8.56. The van der Waals surface area contributed by atoms with E-state index in [1.165, 1.54) is 0 Å². The van der Waals surface area contributed by atoms with Crippen molar-refractivity contribution in [3.63, 3.8) is 0 Å². The summed E-state index contributed by atoms with van der Waals surface area (Å²) in [5, 5.41) is 12.1. The second kappa shape index (κ2) is 5.63. The number of aliphatic carboxylic acids is 1. The van der Waals surface area contributed by atoms with E-state index in [0.29, 0.717) is 5.75 Å². The fourth-order valence-electron chi connectivity index (χ4n) is 1.80. The highest BCUT2D eigenvalue weighted by Crippen LogP contribution is 2.33. The van der Waals surface area contributed by atoms with Gasteiger partial charge in [-0.1, -0.05) is 12.1 Å². The van der Waals surface area contributed by atoms with Crippen LogP contribution in [0, 0.1) is 0 Å². The molecule has 0 aliphatic carbocycles. The molecule has 1 saturated heterocycles. The van der Waals surface area contributed by atoms with Crippen LogP contribution in [0.5, 0.6) is 5.75 Å². The lowest BCUT2D eigenvalue weighted by Gasteiger charge is -2.13. The van der Waals surface area contributed by atoms with Crippen molar-refractivity contribution in [3.05, 3.63) is 29.8 Å². The van der Waals surface area contributed by atoms with Crippen LogP contribution in [0.4, 0.5) is 0 Å². The summed E-state index contributed by atoms with van der Waals surface area (Å²) >= 11 is 1.62. The Morgan fingerprint density at radius 1 is 1.44 bits per heavy atom. The predicted octanol–water partition coefficient (Wildman–Crippen LogP) is 2.26. The van der Waals surface area contributed by atoms with Crippen LogP contribution < -0.4 is 10.1 Å². The molecule has 0 aromatic heterocycles. The van der Waals surface area contributed by atoms with E-state index in [0.717, 1.165) is 11.3 Å². The highest BCUT2D eigenvalue weighted by Gasteiger charge is 2.30. The number of nitrogens with one attached hydrogen (secondary N) is 1. The summed E-state index contributed by atoms with van der Waals surface area (Å²) in [5.41, 5.74) is 1.08. The Balaban J connectivity index is 2.00. The largest absolute Gasteiger partial charge is 0.491 e. The van der Waals surface area contributed by atoms with Crippen LogP contribution in [0.25, 0.3) is 0 Å². The highest BCUT2D eigenvalue weighted by atomic mass is 32.2. The first-order valence-corrected chi connectivity index (χ1v) is 6.98. The summed E-state index contributed by atoms with van der Waals surface area (Å²) in [7, 11) is 0. The lowest BCUT2D eigenvalue weighted by molar-refractivity contribution is -0.138. The Bertz CT molecular complexity index is 419. The van der Waals surface area contributed by atoms with Gasteiger partial charge in [-0.2, -0.15) is 0 Å². The number of carbonyl (C=O) groups is 1. The smallest absolute Gasteiger partial charge is 0.321 e. The summed E-state index contributed by atoms with van der Waals surface area (Å²) in [6.07, 6.45) is 0.159. The van der Waals surface area contributed by atoms with Crippen LogP contribution in [-0.2, 0) is 4.79 Å². The molecule has 1 aliphatic heterocycles. The van der Waals surface area contributed by atoms with Crippen LogP contribution in [0.1, 0.15) is 24.8 Å². The Kier molecular flexibility index (Phi) is 4.14. The number of hydrogen-bond acceptors (Lipinski definition) is 4. The number of benzene rings is 1. The highest BCUT2D eigenvalue weighted by molar-refractivity contribution is 7.99. The van der Waals surface area contributed by atoms with Gasteiger partial charge in [-0.25, -0.2) is 0 Å². The van der Waals surface area contributed by atoms with Crippen molar-refractivity contribution in [1.82, 2.24) is 5.32 Å². The first kappa shape index (κ1) is 13.2. The maximum absolute atomic E-state index is 10.9. The molecule has 2 N–H and O–H groups in total. The van der Waals surface area contributed by atoms with Gasteiger partial charge in [-0.05, 0) is 31.5 Å². The monoisotopic (exact) mass is 267 g/mol. The fourth-order valence-corrected chi connectivity index (χ4v) is 3.03. The quantitative estimate of drug-likeness (QED) is 0.876. The molecule has 1 fully saturated rings. The van der Waals surface area contributed by atoms with Gasteiger partial charge in [0, 0.05) is 5.75 Å². The van der Waals surface area contributed by atoms with E-state index in [4.69, 9.17) is 9.84 Å². The number of carboxylic acids is 1. The van der Waals surface area contributed by atoms with Crippen LogP contribution in [0.3, 0.4) is 0 Å². The van der Waals surface area contributed by atoms with Crippen LogP contribution in [0.2, 0.25) is 0 Å². The maximum atomic E-state index is 10.9. The molecule has 1 aromatic carbocycles. The van der Waals surface area contributed by atoms with Gasteiger partial charge in [-0.3, -0.25) is 10.1 Å². The van der Waals surface area contributed by atoms with Gasteiger partial charge in [-0.15, -0.1) is 11.8 Å². The molecule has 18 heavy (non-hydrogen) atoms. The molecule has 1 aromatic rings. The van der Waals surface area contributed by atoms with E-state index in [-0.39, 0.29) is 11.5 Å². The van der Waals surface area contributed by atoms with Crippen molar-refractivity contribution >= 4 is 17.7 Å². The minimum Gasteiger partial charge on any atom is -0.491 e. The van der Waals surface area contributed by atoms with Crippen LogP contribution >= 0.6 is 11.8 Å². The van der Waals surface area contributed by atoms with Gasteiger partial charge in [0.15, 0.2) is 0 Å². The van der Waals surface area contributed by atoms with Crippen molar-refractivity contribution in [3.8, 4) is 5.75 Å². The molecule has 2 rings (SSSR count). The molecular weight excluding hydrogens is 250 g/mol. The number of carboxylic acid groups (broad SMARTS) is 1. The zero-order chi connectivity index (χ0) is 13.1. The van der Waals surface area contributed by atoms with E-state index < -0.39 is 12.0 Å². The van der Waals surface area contributed by atoms with Crippen LogP contribution in [0.15, 0.2) is 24.3 Å². The fraction of sp³-hybridized carbons (Fsp3) is 0.462. The van der Waals surface area contributed by atoms with Gasteiger partial charge in [0.05, 0.1) is 11.5 Å². The Morgan fingerprint density at radius 2 is 2.11 bits per heavy atom. The first-order valence-electron chi connectivity index (χ1n) is 5.93. The lowest BCUT2D eigenvalue weighted by atomic mass is 10.2. The molecule has 2 unspecified atom stereocenters. The maximum Gasteiger partial charge on any atom is 0.321 e. The molecule has 0 spiro atoms. The molecule has 1 heterocycles. The standard InChI is InChI=1S/C13H17NO3S/c1-8(2)17-10-5-3-9(4-6-10)12-14-11(7-18-12)13(15)16/h3-6,8,11-12,14H,7H2,1-2H3,(H,15,16). The molecule has 0 saturated carbocycles. The summed E-state index contributed by atoms with van der Waals surface area (Å²) < 4.78 is 5.57. The van der Waals surface area contributed by atoms with Crippen molar-refractivity contribution < 1.29 is 14.6 Å². The lowest BCUT2D eigenvalue weighted by Crippen LogP contribution is -2.33. The number of rotatable bonds is 4.